The Morgan fingerprint density at radius 1 is 1.26 bits per heavy atom. The van der Waals surface area contributed by atoms with Crippen molar-refractivity contribution >= 4 is 23.3 Å². The number of nitrogens with one attached hydrogen (secondary N) is 2. The van der Waals surface area contributed by atoms with Gasteiger partial charge in [-0.05, 0) is 17.7 Å². The molecular weight excluding hydrogens is 400 g/mol. The van der Waals surface area contributed by atoms with Crippen LogP contribution in [0.3, 0.4) is 0 Å². The molecule has 0 saturated carbocycles. The number of pyridine rings is 1. The number of guanidine groups is 1. The van der Waals surface area contributed by atoms with Crippen LogP contribution >= 0.6 is 0 Å². The molecular formula is C20H20N8O3. The third-order valence-electron chi connectivity index (χ3n) is 4.84. The molecule has 6 N–H and O–H groups in total. The fraction of sp³-hybridized carbons (Fsp3) is 0.300. The fourth-order valence-electron chi connectivity index (χ4n) is 3.44. The Hall–Kier alpha value is -4.06. The van der Waals surface area contributed by atoms with Crippen LogP contribution in [0.2, 0.25) is 0 Å². The molecule has 0 bridgehead atoms. The van der Waals surface area contributed by atoms with E-state index in [9.17, 15) is 5.26 Å². The first-order chi connectivity index (χ1) is 15.1. The smallest absolute Gasteiger partial charge is 0.211 e. The summed E-state index contributed by atoms with van der Waals surface area (Å²) in [7, 11) is 0. The van der Waals surface area contributed by atoms with Crippen molar-refractivity contribution in [2.75, 3.05) is 36.6 Å². The van der Waals surface area contributed by atoms with E-state index in [1.54, 1.807) is 0 Å². The van der Waals surface area contributed by atoms with Crippen LogP contribution in [-0.4, -0.2) is 37.1 Å². The second kappa shape index (κ2) is 8.75. The van der Waals surface area contributed by atoms with Crippen molar-refractivity contribution in [3.05, 3.63) is 41.0 Å². The summed E-state index contributed by atoms with van der Waals surface area (Å²) in [6, 6.07) is 8.68. The molecule has 1 aromatic carbocycles. The zero-order valence-electron chi connectivity index (χ0n) is 16.5. The van der Waals surface area contributed by atoms with Crippen LogP contribution in [0.1, 0.15) is 29.2 Å². The molecule has 2 aromatic rings. The molecule has 1 fully saturated rings. The Kier molecular flexibility index (Phi) is 5.71. The summed E-state index contributed by atoms with van der Waals surface area (Å²) in [6.07, 6.45) is 2.19. The number of anilines is 3. The maximum atomic E-state index is 9.42. The van der Waals surface area contributed by atoms with Crippen LogP contribution < -0.4 is 26.8 Å². The predicted molar refractivity (Wildman–Crippen MR) is 112 cm³/mol. The number of rotatable bonds is 5. The fourth-order valence-corrected chi connectivity index (χ4v) is 3.44. The van der Waals surface area contributed by atoms with Crippen molar-refractivity contribution in [2.24, 2.45) is 4.99 Å². The van der Waals surface area contributed by atoms with E-state index in [2.05, 4.69) is 20.6 Å². The summed E-state index contributed by atoms with van der Waals surface area (Å²) >= 11 is 0. The first kappa shape index (κ1) is 20.2. The Morgan fingerprint density at radius 2 is 2.06 bits per heavy atom. The van der Waals surface area contributed by atoms with Gasteiger partial charge >= 0.3 is 0 Å². The van der Waals surface area contributed by atoms with Crippen molar-refractivity contribution in [1.82, 2.24) is 10.3 Å². The minimum Gasteiger partial charge on any atom is -0.493 e. The molecule has 3 heterocycles. The summed E-state index contributed by atoms with van der Waals surface area (Å²) in [5, 5.41) is 23.8. The second-order valence-electron chi connectivity index (χ2n) is 6.78. The van der Waals surface area contributed by atoms with Crippen molar-refractivity contribution in [2.45, 2.75) is 18.8 Å². The van der Waals surface area contributed by atoms with Gasteiger partial charge in [0.2, 0.25) is 5.96 Å². The van der Waals surface area contributed by atoms with Crippen LogP contribution in [0.15, 0.2) is 29.3 Å². The van der Waals surface area contributed by atoms with Gasteiger partial charge in [-0.25, -0.2) is 9.98 Å². The highest BCUT2D eigenvalue weighted by atomic mass is 16.7. The molecule has 0 amide bonds. The standard InChI is InChI=1S/C20H20N8O3/c21-9-13-16(23)15-17(26-20(25-10-22)28-19(15)27-18(13)24)11-2-1-3-12(8-11)29-5-4-14-30-6-7-31-14/h1-3,8,14,17H,4-7H2,(H6,23,24,25,26,27,28). The number of aromatic nitrogens is 1. The van der Waals surface area contributed by atoms with Crippen molar-refractivity contribution in [3.8, 4) is 18.0 Å². The number of nitrogen functional groups attached to an aromatic ring is 2. The third-order valence-corrected chi connectivity index (χ3v) is 4.84. The van der Waals surface area contributed by atoms with Gasteiger partial charge in [-0.3, -0.25) is 5.32 Å². The molecule has 2 aliphatic heterocycles. The number of benzene rings is 1. The molecule has 1 aromatic heterocycles. The van der Waals surface area contributed by atoms with Gasteiger partial charge in [0.25, 0.3) is 0 Å². The monoisotopic (exact) mass is 420 g/mol. The Bertz CT molecular complexity index is 1100. The van der Waals surface area contributed by atoms with E-state index in [-0.39, 0.29) is 29.3 Å². The van der Waals surface area contributed by atoms with E-state index in [0.29, 0.717) is 43.4 Å². The number of hydrogen-bond donors (Lipinski definition) is 4. The lowest BCUT2D eigenvalue weighted by atomic mass is 9.95. The van der Waals surface area contributed by atoms with Gasteiger partial charge < -0.3 is 31.0 Å². The van der Waals surface area contributed by atoms with Crippen molar-refractivity contribution in [1.29, 1.82) is 10.5 Å². The molecule has 31 heavy (non-hydrogen) atoms. The molecule has 0 aliphatic carbocycles. The number of fused-ring (bicyclic) bond motifs is 1. The lowest BCUT2D eigenvalue weighted by molar-refractivity contribution is -0.0531. The number of nitrogens with two attached hydrogens (primary N) is 2. The highest BCUT2D eigenvalue weighted by Crippen LogP contribution is 2.41. The second-order valence-corrected chi connectivity index (χ2v) is 6.78. The summed E-state index contributed by atoms with van der Waals surface area (Å²) in [5.74, 6) is 1.14. The number of hydrogen-bond acceptors (Lipinski definition) is 11. The number of nitriles is 2. The molecule has 0 spiro atoms. The Balaban J connectivity index is 1.65. The molecule has 1 saturated heterocycles. The summed E-state index contributed by atoms with van der Waals surface area (Å²) in [6.45, 7) is 1.61. The zero-order valence-corrected chi connectivity index (χ0v) is 16.5. The van der Waals surface area contributed by atoms with Gasteiger partial charge in [0.15, 0.2) is 12.5 Å². The van der Waals surface area contributed by atoms with Crippen LogP contribution in [0, 0.1) is 22.8 Å². The van der Waals surface area contributed by atoms with Crippen LogP contribution in [-0.2, 0) is 9.47 Å². The highest BCUT2D eigenvalue weighted by molar-refractivity contribution is 5.98. The molecule has 11 heteroatoms. The molecule has 1 atom stereocenters. The van der Waals surface area contributed by atoms with Gasteiger partial charge in [-0.15, -0.1) is 0 Å². The third kappa shape index (κ3) is 4.14. The van der Waals surface area contributed by atoms with Gasteiger partial charge in [0.05, 0.1) is 25.5 Å². The maximum Gasteiger partial charge on any atom is 0.211 e. The molecule has 4 rings (SSSR count). The van der Waals surface area contributed by atoms with Gasteiger partial charge in [0, 0.05) is 12.0 Å². The summed E-state index contributed by atoms with van der Waals surface area (Å²) in [5.41, 5.74) is 13.6. The number of nitrogens with zero attached hydrogens (tertiary/aromatic N) is 4. The topological polar surface area (TPSA) is 177 Å². The predicted octanol–water partition coefficient (Wildman–Crippen LogP) is 1.20. The molecule has 158 valence electrons. The lowest BCUT2D eigenvalue weighted by Gasteiger charge is -2.26. The van der Waals surface area contributed by atoms with E-state index in [4.69, 9.17) is 30.9 Å². The van der Waals surface area contributed by atoms with E-state index >= 15 is 0 Å². The molecule has 1 unspecified atom stereocenters. The average Bonchev–Trinajstić information content (AvgIpc) is 3.27. The Morgan fingerprint density at radius 3 is 2.81 bits per heavy atom. The van der Waals surface area contributed by atoms with E-state index in [0.717, 1.165) is 5.56 Å². The van der Waals surface area contributed by atoms with Gasteiger partial charge in [-0.1, -0.05) is 12.1 Å². The molecule has 0 radical (unpaired) electrons. The van der Waals surface area contributed by atoms with Crippen LogP contribution in [0.25, 0.3) is 0 Å². The maximum absolute atomic E-state index is 9.42. The van der Waals surface area contributed by atoms with Gasteiger partial charge in [-0.2, -0.15) is 10.5 Å². The molecule has 11 nitrogen and oxygen atoms in total. The largest absolute Gasteiger partial charge is 0.493 e. The normalized spacial score (nSPS) is 17.6. The van der Waals surface area contributed by atoms with Crippen molar-refractivity contribution in [3.63, 3.8) is 0 Å². The van der Waals surface area contributed by atoms with E-state index in [1.807, 2.05) is 36.5 Å². The van der Waals surface area contributed by atoms with Crippen molar-refractivity contribution < 1.29 is 14.2 Å². The SMILES string of the molecule is N#CNC1=NC(c2cccc(OCCC3OCCO3)c2)c2c(nc(N)c(C#N)c2N)N1. The van der Waals surface area contributed by atoms with Gasteiger partial charge in [0.1, 0.15) is 35.1 Å². The summed E-state index contributed by atoms with van der Waals surface area (Å²) in [4.78, 5) is 8.78. The first-order valence-corrected chi connectivity index (χ1v) is 9.55. The quantitative estimate of drug-likeness (QED) is 0.406. The molecule has 2 aliphatic rings. The average molecular weight is 420 g/mol. The first-order valence-electron chi connectivity index (χ1n) is 9.55. The minimum atomic E-state index is -0.627. The van der Waals surface area contributed by atoms with Crippen LogP contribution in [0.4, 0.5) is 17.3 Å². The van der Waals surface area contributed by atoms with Crippen LogP contribution in [0.5, 0.6) is 5.75 Å². The lowest BCUT2D eigenvalue weighted by Crippen LogP contribution is -2.32. The number of ether oxygens (including phenoxy) is 3. The van der Waals surface area contributed by atoms with E-state index in [1.165, 1.54) is 0 Å². The minimum absolute atomic E-state index is 0.00311. The Labute approximate surface area is 178 Å². The summed E-state index contributed by atoms with van der Waals surface area (Å²) < 4.78 is 16.7. The number of aliphatic imine (C=N–C) groups is 1. The zero-order chi connectivity index (χ0) is 21.8. The highest BCUT2D eigenvalue weighted by Gasteiger charge is 2.29. The van der Waals surface area contributed by atoms with E-state index < -0.39 is 6.04 Å².